The minimum Gasteiger partial charge on any atom is -0.481 e. The first-order chi connectivity index (χ1) is 10.5. The summed E-state index contributed by atoms with van der Waals surface area (Å²) >= 11 is 3.35. The molecule has 5 nitrogen and oxygen atoms in total. The Hall–Kier alpha value is -1.11. The molecule has 1 aromatic rings. The van der Waals surface area contributed by atoms with E-state index in [1.165, 1.54) is 0 Å². The molecule has 1 saturated carbocycles. The lowest BCUT2D eigenvalue weighted by Crippen LogP contribution is -2.37. The summed E-state index contributed by atoms with van der Waals surface area (Å²) in [6.45, 7) is 1.45. The number of benzene rings is 1. The minimum absolute atomic E-state index is 0. The van der Waals surface area contributed by atoms with Crippen LogP contribution >= 0.6 is 28.3 Å². The second-order valence-electron chi connectivity index (χ2n) is 6.28. The van der Waals surface area contributed by atoms with Gasteiger partial charge >= 0.3 is 5.97 Å². The number of carboxylic acids is 1. The van der Waals surface area contributed by atoms with E-state index in [4.69, 9.17) is 0 Å². The van der Waals surface area contributed by atoms with Crippen LogP contribution in [0, 0.1) is 11.3 Å². The molecule has 0 spiro atoms. The predicted molar refractivity (Wildman–Crippen MR) is 93.9 cm³/mol. The maximum Gasteiger partial charge on any atom is 0.311 e. The van der Waals surface area contributed by atoms with Crippen LogP contribution in [0.2, 0.25) is 0 Å². The Morgan fingerprint density at radius 3 is 2.65 bits per heavy atom. The first-order valence-corrected chi connectivity index (χ1v) is 8.30. The van der Waals surface area contributed by atoms with Crippen LogP contribution in [0.15, 0.2) is 28.7 Å². The van der Waals surface area contributed by atoms with Crippen LogP contribution in [-0.4, -0.2) is 41.5 Å². The summed E-state index contributed by atoms with van der Waals surface area (Å²) in [6, 6.07) is 7.41. The van der Waals surface area contributed by atoms with E-state index in [0.29, 0.717) is 13.1 Å². The summed E-state index contributed by atoms with van der Waals surface area (Å²) < 4.78 is 0.960. The first kappa shape index (κ1) is 18.2. The highest BCUT2D eigenvalue weighted by Gasteiger charge is 2.54. The van der Waals surface area contributed by atoms with Crippen LogP contribution < -0.4 is 5.32 Å². The Bertz CT molecular complexity index is 595. The maximum absolute atomic E-state index is 12.1. The maximum atomic E-state index is 12.1. The Morgan fingerprint density at radius 1 is 1.35 bits per heavy atom. The molecule has 2 fully saturated rings. The Kier molecular flexibility index (Phi) is 5.70. The molecule has 0 unspecified atom stereocenters. The molecule has 23 heavy (non-hydrogen) atoms. The van der Waals surface area contributed by atoms with Crippen molar-refractivity contribution in [2.24, 2.45) is 11.3 Å². The number of halogens is 2. The molecule has 1 aromatic carbocycles. The SMILES string of the molecule is Cl.O=C(CN1C[C@@H]2CCC[C@@]2(C(=O)O)C1)Nc1ccc(Br)cc1. The molecule has 0 bridgehead atoms. The lowest BCUT2D eigenvalue weighted by Gasteiger charge is -2.23. The van der Waals surface area contributed by atoms with Gasteiger partial charge in [-0.3, -0.25) is 14.5 Å². The third-order valence-electron chi connectivity index (χ3n) is 4.86. The van der Waals surface area contributed by atoms with Gasteiger partial charge in [0.2, 0.25) is 5.91 Å². The van der Waals surface area contributed by atoms with Crippen molar-refractivity contribution >= 4 is 45.9 Å². The van der Waals surface area contributed by atoms with Gasteiger partial charge < -0.3 is 10.4 Å². The quantitative estimate of drug-likeness (QED) is 0.811. The summed E-state index contributed by atoms with van der Waals surface area (Å²) in [5.74, 6) is -0.612. The summed E-state index contributed by atoms with van der Waals surface area (Å²) in [7, 11) is 0. The molecule has 2 atom stereocenters. The van der Waals surface area contributed by atoms with E-state index < -0.39 is 11.4 Å². The molecule has 1 heterocycles. The van der Waals surface area contributed by atoms with E-state index in [9.17, 15) is 14.7 Å². The van der Waals surface area contributed by atoms with Crippen LogP contribution in [0.5, 0.6) is 0 Å². The molecule has 2 N–H and O–H groups in total. The second kappa shape index (κ2) is 7.20. The van der Waals surface area contributed by atoms with Crippen molar-refractivity contribution in [3.8, 4) is 0 Å². The molecular weight excluding hydrogens is 384 g/mol. The van der Waals surface area contributed by atoms with Crippen molar-refractivity contribution in [1.29, 1.82) is 0 Å². The number of fused-ring (bicyclic) bond motifs is 1. The van der Waals surface area contributed by atoms with Gasteiger partial charge in [0.1, 0.15) is 0 Å². The number of anilines is 1. The lowest BCUT2D eigenvalue weighted by atomic mass is 9.81. The van der Waals surface area contributed by atoms with E-state index >= 15 is 0 Å². The van der Waals surface area contributed by atoms with Crippen molar-refractivity contribution in [3.05, 3.63) is 28.7 Å². The molecule has 126 valence electrons. The number of rotatable bonds is 4. The molecule has 0 aromatic heterocycles. The summed E-state index contributed by atoms with van der Waals surface area (Å²) in [6.07, 6.45) is 2.67. The normalized spacial score (nSPS) is 26.4. The third kappa shape index (κ3) is 3.70. The van der Waals surface area contributed by atoms with Gasteiger partial charge in [-0.2, -0.15) is 0 Å². The van der Waals surface area contributed by atoms with Crippen LogP contribution in [0.4, 0.5) is 5.69 Å². The van der Waals surface area contributed by atoms with Crippen molar-refractivity contribution in [1.82, 2.24) is 4.90 Å². The number of nitrogens with zero attached hydrogens (tertiary/aromatic N) is 1. The van der Waals surface area contributed by atoms with Crippen molar-refractivity contribution in [2.45, 2.75) is 19.3 Å². The molecule has 7 heteroatoms. The summed E-state index contributed by atoms with van der Waals surface area (Å²) in [5, 5.41) is 12.4. The zero-order valence-electron chi connectivity index (χ0n) is 12.6. The Morgan fingerprint density at radius 2 is 2.04 bits per heavy atom. The number of likely N-dealkylation sites (tertiary alicyclic amines) is 1. The van der Waals surface area contributed by atoms with Crippen molar-refractivity contribution < 1.29 is 14.7 Å². The van der Waals surface area contributed by atoms with Crippen LogP contribution in [-0.2, 0) is 9.59 Å². The van der Waals surface area contributed by atoms with E-state index in [2.05, 4.69) is 21.2 Å². The van der Waals surface area contributed by atoms with Gasteiger partial charge in [-0.1, -0.05) is 22.4 Å². The van der Waals surface area contributed by atoms with Crippen LogP contribution in [0.1, 0.15) is 19.3 Å². The smallest absolute Gasteiger partial charge is 0.311 e. The van der Waals surface area contributed by atoms with E-state index in [0.717, 1.165) is 29.4 Å². The summed E-state index contributed by atoms with van der Waals surface area (Å²) in [4.78, 5) is 25.7. The van der Waals surface area contributed by atoms with Crippen molar-refractivity contribution in [2.75, 3.05) is 25.0 Å². The van der Waals surface area contributed by atoms with E-state index in [1.807, 2.05) is 29.2 Å². The highest BCUT2D eigenvalue weighted by molar-refractivity contribution is 9.10. The standard InChI is InChI=1S/C16H19BrN2O3.ClH/c17-12-3-5-13(6-4-12)18-14(20)9-19-8-11-2-1-7-16(11,10-19)15(21)22;/h3-6,11H,1-2,7-10H2,(H,18,20)(H,21,22);1H/t11-,16+;/m0./s1. The highest BCUT2D eigenvalue weighted by Crippen LogP contribution is 2.48. The molecule has 3 rings (SSSR count). The fourth-order valence-electron chi connectivity index (χ4n) is 3.80. The van der Waals surface area contributed by atoms with Gasteiger partial charge in [-0.05, 0) is 43.0 Å². The number of amides is 1. The molecule has 1 amide bonds. The first-order valence-electron chi connectivity index (χ1n) is 7.51. The molecule has 1 aliphatic carbocycles. The average Bonchev–Trinajstić information content (AvgIpc) is 2.99. The molecule has 1 aliphatic heterocycles. The number of aliphatic carboxylic acids is 1. The monoisotopic (exact) mass is 402 g/mol. The number of hydrogen-bond donors (Lipinski definition) is 2. The average molecular weight is 404 g/mol. The zero-order chi connectivity index (χ0) is 15.7. The van der Waals surface area contributed by atoms with Gasteiger partial charge in [0, 0.05) is 23.2 Å². The molecule has 2 aliphatic rings. The van der Waals surface area contributed by atoms with Crippen molar-refractivity contribution in [3.63, 3.8) is 0 Å². The zero-order valence-corrected chi connectivity index (χ0v) is 15.0. The number of carbonyl (C=O) groups excluding carboxylic acids is 1. The molecular formula is C16H20BrClN2O3. The lowest BCUT2D eigenvalue weighted by molar-refractivity contribution is -0.149. The van der Waals surface area contributed by atoms with Crippen LogP contribution in [0.3, 0.4) is 0 Å². The van der Waals surface area contributed by atoms with E-state index in [-0.39, 0.29) is 30.8 Å². The Balaban J connectivity index is 0.00000192. The largest absolute Gasteiger partial charge is 0.481 e. The number of carboxylic acid groups (broad SMARTS) is 1. The number of hydrogen-bond acceptors (Lipinski definition) is 3. The Labute approximate surface area is 150 Å². The fraction of sp³-hybridized carbons (Fsp3) is 0.500. The van der Waals surface area contributed by atoms with E-state index in [1.54, 1.807) is 0 Å². The summed E-state index contributed by atoms with van der Waals surface area (Å²) in [5.41, 5.74) is 0.123. The predicted octanol–water partition coefficient (Wildman–Crippen LogP) is 3.00. The topological polar surface area (TPSA) is 69.6 Å². The highest BCUT2D eigenvalue weighted by atomic mass is 79.9. The fourth-order valence-corrected chi connectivity index (χ4v) is 4.06. The molecule has 0 radical (unpaired) electrons. The number of carbonyl (C=O) groups is 2. The van der Waals surface area contributed by atoms with Gasteiger partial charge in [0.15, 0.2) is 0 Å². The van der Waals surface area contributed by atoms with Gasteiger partial charge in [0.25, 0.3) is 0 Å². The second-order valence-corrected chi connectivity index (χ2v) is 7.19. The van der Waals surface area contributed by atoms with Gasteiger partial charge in [0.05, 0.1) is 12.0 Å². The van der Waals surface area contributed by atoms with Gasteiger partial charge in [-0.25, -0.2) is 0 Å². The number of nitrogens with one attached hydrogen (secondary N) is 1. The van der Waals surface area contributed by atoms with Crippen LogP contribution in [0.25, 0.3) is 0 Å². The minimum atomic E-state index is -0.703. The third-order valence-corrected chi connectivity index (χ3v) is 5.39. The molecule has 1 saturated heterocycles. The van der Waals surface area contributed by atoms with Gasteiger partial charge in [-0.15, -0.1) is 12.4 Å².